The second-order valence-electron chi connectivity index (χ2n) is 4.99. The van der Waals surface area contributed by atoms with E-state index in [0.29, 0.717) is 28.6 Å². The van der Waals surface area contributed by atoms with Crippen LogP contribution in [0.5, 0.6) is 5.75 Å². The van der Waals surface area contributed by atoms with Crippen LogP contribution in [0.3, 0.4) is 0 Å². The number of hydrogen-bond acceptors (Lipinski definition) is 3. The van der Waals surface area contributed by atoms with Gasteiger partial charge in [0.05, 0.1) is 12.8 Å². The van der Waals surface area contributed by atoms with Crippen molar-refractivity contribution in [1.82, 2.24) is 5.32 Å². The van der Waals surface area contributed by atoms with E-state index in [1.165, 1.54) is 6.92 Å². The lowest BCUT2D eigenvalue weighted by atomic mass is 10.1. The quantitative estimate of drug-likeness (QED) is 0.909. The fourth-order valence-corrected chi connectivity index (χ4v) is 2.81. The average molecular weight is 311 g/mol. The zero-order chi connectivity index (χ0) is 15.6. The Hall–Kier alpha value is -1.75. The van der Waals surface area contributed by atoms with Crippen LogP contribution in [0.2, 0.25) is 5.02 Å². The topological polar surface area (TPSA) is 58.6 Å². The van der Waals surface area contributed by atoms with E-state index in [0.717, 1.165) is 12.8 Å². The summed E-state index contributed by atoms with van der Waals surface area (Å²) in [5.41, 5.74) is 1.29. The molecule has 0 saturated carbocycles. The minimum Gasteiger partial charge on any atom is -0.495 e. The fraction of sp³-hybridized carbons (Fsp3) is 0.467. The van der Waals surface area contributed by atoms with Crippen LogP contribution >= 0.6 is 11.6 Å². The van der Waals surface area contributed by atoms with Crippen LogP contribution in [0, 0.1) is 0 Å². The van der Waals surface area contributed by atoms with E-state index in [1.807, 2.05) is 0 Å². The predicted molar refractivity (Wildman–Crippen MR) is 81.8 cm³/mol. The number of amides is 2. The lowest BCUT2D eigenvalue weighted by molar-refractivity contribution is -0.126. The van der Waals surface area contributed by atoms with Crippen molar-refractivity contribution >= 4 is 29.1 Å². The summed E-state index contributed by atoms with van der Waals surface area (Å²) in [6.45, 7) is 4.02. The number of rotatable bonds is 5. The first-order valence-corrected chi connectivity index (χ1v) is 7.33. The largest absolute Gasteiger partial charge is 0.495 e. The Kier molecular flexibility index (Phi) is 4.73. The normalized spacial score (nSPS) is 16.9. The molecule has 0 spiro atoms. The number of benzene rings is 1. The molecular formula is C15H19ClN2O3. The number of anilines is 1. The minimum atomic E-state index is -0.739. The maximum atomic E-state index is 12.6. The van der Waals surface area contributed by atoms with Crippen molar-refractivity contribution in [3.8, 4) is 5.75 Å². The van der Waals surface area contributed by atoms with Crippen LogP contribution in [0.15, 0.2) is 12.1 Å². The number of fused-ring (bicyclic) bond motifs is 1. The van der Waals surface area contributed by atoms with Gasteiger partial charge in [-0.2, -0.15) is 0 Å². The van der Waals surface area contributed by atoms with E-state index in [-0.39, 0.29) is 11.8 Å². The second-order valence-corrected chi connectivity index (χ2v) is 5.40. The van der Waals surface area contributed by atoms with Gasteiger partial charge in [-0.1, -0.05) is 24.9 Å². The van der Waals surface area contributed by atoms with Crippen molar-refractivity contribution < 1.29 is 14.3 Å². The predicted octanol–water partition coefficient (Wildman–Crippen LogP) is 2.67. The van der Waals surface area contributed by atoms with E-state index in [1.54, 1.807) is 24.1 Å². The summed E-state index contributed by atoms with van der Waals surface area (Å²) < 4.78 is 5.36. The van der Waals surface area contributed by atoms with Crippen molar-refractivity contribution in [2.45, 2.75) is 32.7 Å². The average Bonchev–Trinajstić information content (AvgIpc) is 2.71. The van der Waals surface area contributed by atoms with Crippen LogP contribution in [0.25, 0.3) is 0 Å². The van der Waals surface area contributed by atoms with Crippen molar-refractivity contribution in [1.29, 1.82) is 0 Å². The number of unbranched alkanes of at least 4 members (excludes halogenated alkanes) is 1. The van der Waals surface area contributed by atoms with Crippen molar-refractivity contribution in [2.24, 2.45) is 0 Å². The smallest absolute Gasteiger partial charge is 0.254 e. The maximum absolute atomic E-state index is 12.6. The first-order valence-electron chi connectivity index (χ1n) is 6.96. The first-order chi connectivity index (χ1) is 10.0. The number of nitrogens with zero attached hydrogens (tertiary/aromatic N) is 1. The van der Waals surface area contributed by atoms with Crippen molar-refractivity contribution in [2.75, 3.05) is 18.6 Å². The van der Waals surface area contributed by atoms with Gasteiger partial charge in [0.15, 0.2) is 0 Å². The van der Waals surface area contributed by atoms with E-state index >= 15 is 0 Å². The summed E-state index contributed by atoms with van der Waals surface area (Å²) >= 11 is 6.26. The summed E-state index contributed by atoms with van der Waals surface area (Å²) in [6, 6.07) is 2.69. The highest BCUT2D eigenvalue weighted by molar-refractivity contribution is 6.33. The monoisotopic (exact) mass is 310 g/mol. The van der Waals surface area contributed by atoms with Gasteiger partial charge >= 0.3 is 0 Å². The molecule has 0 aliphatic carbocycles. The van der Waals surface area contributed by atoms with Gasteiger partial charge in [0.25, 0.3) is 5.91 Å². The Balaban J connectivity index is 2.53. The van der Waals surface area contributed by atoms with Gasteiger partial charge in [-0.25, -0.2) is 0 Å². The first kappa shape index (κ1) is 15.6. The molecule has 1 aliphatic heterocycles. The van der Waals surface area contributed by atoms with E-state index in [9.17, 15) is 9.59 Å². The third-order valence-electron chi connectivity index (χ3n) is 3.50. The molecule has 114 valence electrons. The molecule has 1 aromatic carbocycles. The maximum Gasteiger partial charge on any atom is 0.254 e. The highest BCUT2D eigenvalue weighted by Gasteiger charge is 2.41. The zero-order valence-corrected chi connectivity index (χ0v) is 13.2. The van der Waals surface area contributed by atoms with Gasteiger partial charge in [0, 0.05) is 24.1 Å². The Morgan fingerprint density at radius 1 is 1.48 bits per heavy atom. The fourth-order valence-electron chi connectivity index (χ4n) is 2.55. The molecule has 5 nitrogen and oxygen atoms in total. The molecule has 1 N–H and O–H groups in total. The van der Waals surface area contributed by atoms with Crippen LogP contribution < -0.4 is 15.0 Å². The molecule has 1 aliphatic rings. The highest BCUT2D eigenvalue weighted by atomic mass is 35.5. The summed E-state index contributed by atoms with van der Waals surface area (Å²) in [4.78, 5) is 25.7. The lowest BCUT2D eigenvalue weighted by Crippen LogP contribution is -2.37. The molecule has 6 heteroatoms. The molecular weight excluding hydrogens is 292 g/mol. The number of methoxy groups -OCH3 is 1. The molecule has 2 amide bonds. The summed E-state index contributed by atoms with van der Waals surface area (Å²) in [5.74, 6) is 0.155. The minimum absolute atomic E-state index is 0.167. The third kappa shape index (κ3) is 2.83. The van der Waals surface area contributed by atoms with Gasteiger partial charge < -0.3 is 15.0 Å². The molecule has 0 bridgehead atoms. The SMILES string of the molecule is CCCCN1C(=O)C(NC(C)=O)c2c(Cl)ccc(OC)c21. The molecule has 1 atom stereocenters. The van der Waals surface area contributed by atoms with Gasteiger partial charge in [0.2, 0.25) is 5.91 Å². The van der Waals surface area contributed by atoms with Crippen LogP contribution in [-0.2, 0) is 9.59 Å². The molecule has 0 saturated heterocycles. The third-order valence-corrected chi connectivity index (χ3v) is 3.83. The van der Waals surface area contributed by atoms with Gasteiger partial charge in [-0.15, -0.1) is 0 Å². The Morgan fingerprint density at radius 2 is 2.19 bits per heavy atom. The zero-order valence-electron chi connectivity index (χ0n) is 12.4. The molecule has 0 radical (unpaired) electrons. The lowest BCUT2D eigenvalue weighted by Gasteiger charge is -2.19. The molecule has 0 aromatic heterocycles. The second kappa shape index (κ2) is 6.35. The molecule has 1 aromatic rings. The van der Waals surface area contributed by atoms with Crippen molar-refractivity contribution in [3.05, 3.63) is 22.7 Å². The number of halogens is 1. The molecule has 1 unspecified atom stereocenters. The number of carbonyl (C=O) groups is 2. The van der Waals surface area contributed by atoms with Gasteiger partial charge in [-0.3, -0.25) is 9.59 Å². The highest BCUT2D eigenvalue weighted by Crippen LogP contribution is 2.46. The van der Waals surface area contributed by atoms with Crippen LogP contribution in [0.4, 0.5) is 5.69 Å². The Labute approximate surface area is 129 Å². The van der Waals surface area contributed by atoms with E-state index in [4.69, 9.17) is 16.3 Å². The summed E-state index contributed by atoms with van der Waals surface area (Å²) in [5, 5.41) is 3.13. The van der Waals surface area contributed by atoms with Crippen molar-refractivity contribution in [3.63, 3.8) is 0 Å². The van der Waals surface area contributed by atoms with E-state index < -0.39 is 6.04 Å². The van der Waals surface area contributed by atoms with Crippen LogP contribution in [-0.4, -0.2) is 25.5 Å². The number of ether oxygens (including phenoxy) is 1. The number of hydrogen-bond donors (Lipinski definition) is 1. The number of carbonyl (C=O) groups excluding carboxylic acids is 2. The summed E-state index contributed by atoms with van der Waals surface area (Å²) in [7, 11) is 1.55. The Morgan fingerprint density at radius 3 is 2.76 bits per heavy atom. The van der Waals surface area contributed by atoms with E-state index in [2.05, 4.69) is 12.2 Å². The molecule has 1 heterocycles. The standard InChI is InChI=1S/C15H19ClN2O3/c1-4-5-8-18-14-11(21-3)7-6-10(16)12(14)13(15(18)20)17-9(2)19/h6-7,13H,4-5,8H2,1-3H3,(H,17,19). The van der Waals surface area contributed by atoms with Gasteiger partial charge in [0.1, 0.15) is 11.8 Å². The number of nitrogens with one attached hydrogen (secondary N) is 1. The van der Waals surface area contributed by atoms with Gasteiger partial charge in [-0.05, 0) is 18.6 Å². The summed E-state index contributed by atoms with van der Waals surface area (Å²) in [6.07, 6.45) is 1.83. The molecule has 2 rings (SSSR count). The molecule has 21 heavy (non-hydrogen) atoms. The molecule has 0 fully saturated rings. The Bertz CT molecular complexity index is 574. The van der Waals surface area contributed by atoms with Crippen LogP contribution in [0.1, 0.15) is 38.3 Å².